The minimum Gasteiger partial charge on any atom is -0.386 e. The molecule has 3 heteroatoms. The highest BCUT2D eigenvalue weighted by Crippen LogP contribution is 2.28. The Morgan fingerprint density at radius 3 is 2.72 bits per heavy atom. The van der Waals surface area contributed by atoms with E-state index in [0.29, 0.717) is 0 Å². The first-order valence-corrected chi connectivity index (χ1v) is 5.97. The summed E-state index contributed by atoms with van der Waals surface area (Å²) < 4.78 is 0. The lowest BCUT2D eigenvalue weighted by atomic mass is 9.95. The fourth-order valence-electron chi connectivity index (χ4n) is 2.17. The average molecular weight is 238 g/mol. The first-order chi connectivity index (χ1) is 8.84. The van der Waals surface area contributed by atoms with Crippen LogP contribution in [0.5, 0.6) is 0 Å². The van der Waals surface area contributed by atoms with Gasteiger partial charge in [-0.2, -0.15) is 0 Å². The second kappa shape index (κ2) is 4.63. The van der Waals surface area contributed by atoms with Crippen LogP contribution in [0.1, 0.15) is 17.4 Å². The number of benzene rings is 1. The van der Waals surface area contributed by atoms with E-state index >= 15 is 0 Å². The van der Waals surface area contributed by atoms with Crippen LogP contribution in [0.15, 0.2) is 54.7 Å². The van der Waals surface area contributed by atoms with E-state index < -0.39 is 6.10 Å². The van der Waals surface area contributed by atoms with Crippen LogP contribution in [0, 0.1) is 0 Å². The number of para-hydroxylation sites is 1. The van der Waals surface area contributed by atoms with Gasteiger partial charge in [0.1, 0.15) is 6.10 Å². The summed E-state index contributed by atoms with van der Waals surface area (Å²) in [6.07, 6.45) is 5.06. The van der Waals surface area contributed by atoms with Crippen molar-refractivity contribution >= 4 is 11.8 Å². The van der Waals surface area contributed by atoms with E-state index in [1.165, 1.54) is 0 Å². The molecule has 1 aliphatic carbocycles. The Kier molecular flexibility index (Phi) is 2.82. The van der Waals surface area contributed by atoms with E-state index in [9.17, 15) is 5.11 Å². The van der Waals surface area contributed by atoms with Crippen LogP contribution in [-0.4, -0.2) is 16.1 Å². The third-order valence-corrected chi connectivity index (χ3v) is 3.10. The molecule has 0 saturated carbocycles. The maximum atomic E-state index is 10.3. The lowest BCUT2D eigenvalue weighted by Gasteiger charge is -2.26. The largest absolute Gasteiger partial charge is 0.386 e. The summed E-state index contributed by atoms with van der Waals surface area (Å²) >= 11 is 0. The second-order valence-corrected chi connectivity index (χ2v) is 4.32. The van der Waals surface area contributed by atoms with Crippen LogP contribution in [0.3, 0.4) is 0 Å². The zero-order valence-electron chi connectivity index (χ0n) is 9.82. The van der Waals surface area contributed by atoms with Crippen molar-refractivity contribution in [2.24, 2.45) is 0 Å². The number of hydrogen-bond acceptors (Lipinski definition) is 3. The molecular formula is C15H14N2O. The molecule has 0 fully saturated rings. The van der Waals surface area contributed by atoms with Crippen molar-refractivity contribution in [2.75, 3.05) is 5.32 Å². The van der Waals surface area contributed by atoms with Gasteiger partial charge in [-0.05, 0) is 24.3 Å². The van der Waals surface area contributed by atoms with Gasteiger partial charge in [0, 0.05) is 17.4 Å². The SMILES string of the molecule is O[C@H]1c2cccnc2C=C[C@@H]1Nc1ccccc1. The number of fused-ring (bicyclic) bond motifs is 1. The monoisotopic (exact) mass is 238 g/mol. The Morgan fingerprint density at radius 1 is 1.06 bits per heavy atom. The first kappa shape index (κ1) is 11.0. The molecule has 0 saturated heterocycles. The van der Waals surface area contributed by atoms with Crippen LogP contribution in [-0.2, 0) is 0 Å². The van der Waals surface area contributed by atoms with Gasteiger partial charge in [-0.25, -0.2) is 0 Å². The smallest absolute Gasteiger partial charge is 0.105 e. The molecule has 3 rings (SSSR count). The summed E-state index contributed by atoms with van der Waals surface area (Å²) in [4.78, 5) is 4.24. The van der Waals surface area contributed by atoms with E-state index in [4.69, 9.17) is 0 Å². The van der Waals surface area contributed by atoms with Gasteiger partial charge in [0.2, 0.25) is 0 Å². The van der Waals surface area contributed by atoms with Crippen LogP contribution in [0.25, 0.3) is 6.08 Å². The Hall–Kier alpha value is -2.13. The topological polar surface area (TPSA) is 45.2 Å². The summed E-state index contributed by atoms with van der Waals surface area (Å²) in [5.41, 5.74) is 2.71. The standard InChI is InChI=1S/C15H14N2O/c18-15-12-7-4-10-16-13(12)8-9-14(15)17-11-5-2-1-3-6-11/h1-10,14-15,17-18H/t14-,15-/m0/s1. The van der Waals surface area contributed by atoms with Crippen molar-refractivity contribution in [2.45, 2.75) is 12.1 Å². The van der Waals surface area contributed by atoms with Crippen molar-refractivity contribution in [3.8, 4) is 0 Å². The fourth-order valence-corrected chi connectivity index (χ4v) is 2.17. The third-order valence-electron chi connectivity index (χ3n) is 3.10. The molecule has 0 bridgehead atoms. The van der Waals surface area contributed by atoms with E-state index in [1.807, 2.05) is 54.6 Å². The first-order valence-electron chi connectivity index (χ1n) is 5.97. The molecule has 1 aliphatic rings. The second-order valence-electron chi connectivity index (χ2n) is 4.32. The molecule has 90 valence electrons. The molecule has 2 aromatic rings. The number of aliphatic hydroxyl groups is 1. The number of rotatable bonds is 2. The zero-order chi connectivity index (χ0) is 12.4. The van der Waals surface area contributed by atoms with Gasteiger partial charge in [0.25, 0.3) is 0 Å². The number of aliphatic hydroxyl groups excluding tert-OH is 1. The maximum absolute atomic E-state index is 10.3. The average Bonchev–Trinajstić information content (AvgIpc) is 2.43. The van der Waals surface area contributed by atoms with Crippen molar-refractivity contribution in [1.82, 2.24) is 4.98 Å². The summed E-state index contributed by atoms with van der Waals surface area (Å²) in [5.74, 6) is 0. The lowest BCUT2D eigenvalue weighted by Crippen LogP contribution is -2.28. The van der Waals surface area contributed by atoms with Crippen LogP contribution < -0.4 is 5.32 Å². The quantitative estimate of drug-likeness (QED) is 0.845. The molecule has 0 aliphatic heterocycles. The highest BCUT2D eigenvalue weighted by molar-refractivity contribution is 5.57. The van der Waals surface area contributed by atoms with Gasteiger partial charge in [-0.15, -0.1) is 0 Å². The van der Waals surface area contributed by atoms with E-state index in [2.05, 4.69) is 10.3 Å². The molecule has 0 amide bonds. The normalized spacial score (nSPS) is 21.4. The highest BCUT2D eigenvalue weighted by atomic mass is 16.3. The fraction of sp³-hybridized carbons (Fsp3) is 0.133. The molecular weight excluding hydrogens is 224 g/mol. The van der Waals surface area contributed by atoms with Gasteiger partial charge in [-0.1, -0.05) is 30.3 Å². The molecule has 1 heterocycles. The molecule has 3 nitrogen and oxygen atoms in total. The molecule has 1 aromatic heterocycles. The van der Waals surface area contributed by atoms with E-state index in [1.54, 1.807) is 6.20 Å². The summed E-state index contributed by atoms with van der Waals surface area (Å²) in [6, 6.07) is 13.5. The summed E-state index contributed by atoms with van der Waals surface area (Å²) in [5, 5.41) is 13.6. The minimum absolute atomic E-state index is 0.121. The van der Waals surface area contributed by atoms with E-state index in [0.717, 1.165) is 16.9 Å². The summed E-state index contributed by atoms with van der Waals surface area (Å²) in [6.45, 7) is 0. The zero-order valence-corrected chi connectivity index (χ0v) is 9.82. The molecule has 2 atom stereocenters. The predicted molar refractivity (Wildman–Crippen MR) is 72.1 cm³/mol. The Labute approximate surface area is 106 Å². The number of aromatic nitrogens is 1. The van der Waals surface area contributed by atoms with Crippen molar-refractivity contribution in [3.05, 3.63) is 66.0 Å². The molecule has 0 spiro atoms. The van der Waals surface area contributed by atoms with Gasteiger partial charge in [0.15, 0.2) is 0 Å². The summed E-state index contributed by atoms with van der Waals surface area (Å²) in [7, 11) is 0. The molecule has 0 radical (unpaired) electrons. The molecule has 1 aromatic carbocycles. The van der Waals surface area contributed by atoms with Crippen LogP contribution in [0.2, 0.25) is 0 Å². The highest BCUT2D eigenvalue weighted by Gasteiger charge is 2.24. The molecule has 18 heavy (non-hydrogen) atoms. The maximum Gasteiger partial charge on any atom is 0.105 e. The third kappa shape index (κ3) is 2.00. The number of nitrogens with zero attached hydrogens (tertiary/aromatic N) is 1. The van der Waals surface area contributed by atoms with Gasteiger partial charge in [0.05, 0.1) is 11.7 Å². The Morgan fingerprint density at radius 2 is 1.89 bits per heavy atom. The van der Waals surface area contributed by atoms with Crippen molar-refractivity contribution in [1.29, 1.82) is 0 Å². The van der Waals surface area contributed by atoms with Crippen molar-refractivity contribution in [3.63, 3.8) is 0 Å². The van der Waals surface area contributed by atoms with Crippen LogP contribution >= 0.6 is 0 Å². The lowest BCUT2D eigenvalue weighted by molar-refractivity contribution is 0.168. The van der Waals surface area contributed by atoms with Gasteiger partial charge in [-0.3, -0.25) is 4.98 Å². The van der Waals surface area contributed by atoms with E-state index in [-0.39, 0.29) is 6.04 Å². The number of nitrogens with one attached hydrogen (secondary N) is 1. The minimum atomic E-state index is -0.570. The van der Waals surface area contributed by atoms with Gasteiger partial charge >= 0.3 is 0 Å². The number of hydrogen-bond donors (Lipinski definition) is 2. The number of pyridine rings is 1. The Bertz CT molecular complexity index is 566. The molecule has 2 N–H and O–H groups in total. The Balaban J connectivity index is 1.85. The van der Waals surface area contributed by atoms with Gasteiger partial charge < -0.3 is 10.4 Å². The van der Waals surface area contributed by atoms with Crippen LogP contribution in [0.4, 0.5) is 5.69 Å². The van der Waals surface area contributed by atoms with Crippen molar-refractivity contribution < 1.29 is 5.11 Å². The predicted octanol–water partition coefficient (Wildman–Crippen LogP) is 2.62. The molecule has 0 unspecified atom stereocenters. The number of anilines is 1.